The van der Waals surface area contributed by atoms with E-state index >= 15 is 0 Å². The number of nitrogens with zero attached hydrogens (tertiary/aromatic N) is 2. The second-order valence-electron chi connectivity index (χ2n) is 5.27. The van der Waals surface area contributed by atoms with Gasteiger partial charge in [0.15, 0.2) is 5.16 Å². The lowest BCUT2D eigenvalue weighted by molar-refractivity contribution is 0.319. The standard InChI is InChI=1S/C18H19N3O2S/c1-2-9-21-10-8-19-18(21)24-12-3-11-23-15-5-6-16-14(13-15)4-7-17(22)20-16/h2,4-8,10,13H,1,3,9,11-12H2,(H,20,22). The van der Waals surface area contributed by atoms with Gasteiger partial charge in [-0.3, -0.25) is 4.79 Å². The second kappa shape index (κ2) is 7.88. The lowest BCUT2D eigenvalue weighted by Gasteiger charge is -2.08. The number of hydrogen-bond donors (Lipinski definition) is 1. The van der Waals surface area contributed by atoms with E-state index in [4.69, 9.17) is 4.74 Å². The molecule has 0 spiro atoms. The van der Waals surface area contributed by atoms with Gasteiger partial charge in [0, 0.05) is 41.7 Å². The average molecular weight is 341 g/mol. The zero-order chi connectivity index (χ0) is 16.8. The maximum atomic E-state index is 11.3. The number of rotatable bonds is 8. The van der Waals surface area contributed by atoms with Crippen molar-refractivity contribution in [3.8, 4) is 5.75 Å². The Hall–Kier alpha value is -2.47. The number of allylic oxidation sites excluding steroid dienone is 1. The van der Waals surface area contributed by atoms with Crippen molar-refractivity contribution >= 4 is 22.7 Å². The Labute approximate surface area is 144 Å². The van der Waals surface area contributed by atoms with Crippen molar-refractivity contribution in [2.24, 2.45) is 0 Å². The molecule has 2 aromatic heterocycles. The molecule has 5 nitrogen and oxygen atoms in total. The van der Waals surface area contributed by atoms with Crippen LogP contribution in [-0.4, -0.2) is 26.9 Å². The molecule has 0 amide bonds. The molecule has 124 valence electrons. The van der Waals surface area contributed by atoms with Crippen molar-refractivity contribution in [2.45, 2.75) is 18.1 Å². The molecule has 0 aliphatic heterocycles. The number of thioether (sulfide) groups is 1. The minimum Gasteiger partial charge on any atom is -0.494 e. The Balaban J connectivity index is 1.48. The summed E-state index contributed by atoms with van der Waals surface area (Å²) in [6.07, 6.45) is 6.55. The first kappa shape index (κ1) is 16.4. The summed E-state index contributed by atoms with van der Waals surface area (Å²) in [4.78, 5) is 18.4. The molecular formula is C18H19N3O2S. The summed E-state index contributed by atoms with van der Waals surface area (Å²) in [5.74, 6) is 1.75. The molecule has 0 saturated carbocycles. The largest absolute Gasteiger partial charge is 0.494 e. The van der Waals surface area contributed by atoms with Crippen LogP contribution in [0.1, 0.15) is 6.42 Å². The molecule has 2 heterocycles. The fraction of sp³-hybridized carbons (Fsp3) is 0.222. The van der Waals surface area contributed by atoms with Crippen LogP contribution in [0.25, 0.3) is 10.9 Å². The molecular weight excluding hydrogens is 322 g/mol. The number of H-pyrrole nitrogens is 1. The fourth-order valence-electron chi connectivity index (χ4n) is 2.35. The van der Waals surface area contributed by atoms with Crippen molar-refractivity contribution in [3.05, 3.63) is 65.7 Å². The Morgan fingerprint density at radius 2 is 2.25 bits per heavy atom. The minimum absolute atomic E-state index is 0.0944. The lowest BCUT2D eigenvalue weighted by atomic mass is 10.2. The number of aromatic amines is 1. The highest BCUT2D eigenvalue weighted by molar-refractivity contribution is 7.99. The molecule has 0 unspecified atom stereocenters. The van der Waals surface area contributed by atoms with Gasteiger partial charge >= 0.3 is 0 Å². The number of ether oxygens (including phenoxy) is 1. The van der Waals surface area contributed by atoms with Gasteiger partial charge in [0.2, 0.25) is 5.56 Å². The minimum atomic E-state index is -0.0944. The second-order valence-corrected chi connectivity index (χ2v) is 6.34. The van der Waals surface area contributed by atoms with Crippen LogP contribution in [-0.2, 0) is 6.54 Å². The fourth-order valence-corrected chi connectivity index (χ4v) is 3.23. The van der Waals surface area contributed by atoms with Crippen molar-refractivity contribution in [1.29, 1.82) is 0 Å². The van der Waals surface area contributed by atoms with Gasteiger partial charge < -0.3 is 14.3 Å². The smallest absolute Gasteiger partial charge is 0.248 e. The highest BCUT2D eigenvalue weighted by Gasteiger charge is 2.03. The highest BCUT2D eigenvalue weighted by Crippen LogP contribution is 2.20. The van der Waals surface area contributed by atoms with Crippen LogP contribution in [0.2, 0.25) is 0 Å². The van der Waals surface area contributed by atoms with E-state index in [1.165, 1.54) is 6.07 Å². The SMILES string of the molecule is C=CCn1ccnc1SCCCOc1ccc2[nH]c(=O)ccc2c1. The Morgan fingerprint density at radius 1 is 1.33 bits per heavy atom. The number of pyridine rings is 1. The Morgan fingerprint density at radius 3 is 3.12 bits per heavy atom. The summed E-state index contributed by atoms with van der Waals surface area (Å²) >= 11 is 1.72. The molecule has 0 radical (unpaired) electrons. The quantitative estimate of drug-likeness (QED) is 0.387. The van der Waals surface area contributed by atoms with E-state index < -0.39 is 0 Å². The van der Waals surface area contributed by atoms with Gasteiger partial charge in [-0.05, 0) is 30.7 Å². The first-order chi connectivity index (χ1) is 11.8. The van der Waals surface area contributed by atoms with Gasteiger partial charge in [-0.25, -0.2) is 4.98 Å². The van der Waals surface area contributed by atoms with Crippen LogP contribution >= 0.6 is 11.8 Å². The highest BCUT2D eigenvalue weighted by atomic mass is 32.2. The average Bonchev–Trinajstić information content (AvgIpc) is 3.02. The predicted octanol–water partition coefficient (Wildman–Crippen LogP) is 3.47. The molecule has 0 aliphatic rings. The van der Waals surface area contributed by atoms with Crippen molar-refractivity contribution in [1.82, 2.24) is 14.5 Å². The van der Waals surface area contributed by atoms with E-state index in [1.807, 2.05) is 36.7 Å². The maximum absolute atomic E-state index is 11.3. The third-order valence-corrected chi connectivity index (χ3v) is 4.58. The van der Waals surface area contributed by atoms with Crippen LogP contribution in [0.15, 0.2) is 65.3 Å². The van der Waals surface area contributed by atoms with E-state index in [2.05, 4.69) is 21.1 Å². The molecule has 3 rings (SSSR count). The molecule has 0 fully saturated rings. The molecule has 3 aromatic rings. The number of benzene rings is 1. The summed E-state index contributed by atoms with van der Waals surface area (Å²) < 4.78 is 7.86. The van der Waals surface area contributed by atoms with Gasteiger partial charge in [-0.2, -0.15) is 0 Å². The van der Waals surface area contributed by atoms with Gasteiger partial charge in [-0.1, -0.05) is 17.8 Å². The van der Waals surface area contributed by atoms with E-state index in [9.17, 15) is 4.79 Å². The normalized spacial score (nSPS) is 10.8. The number of fused-ring (bicyclic) bond motifs is 1. The molecule has 1 N–H and O–H groups in total. The Bertz CT molecular complexity index is 885. The predicted molar refractivity (Wildman–Crippen MR) is 97.8 cm³/mol. The van der Waals surface area contributed by atoms with Gasteiger partial charge in [0.1, 0.15) is 5.75 Å². The van der Waals surface area contributed by atoms with E-state index in [0.717, 1.165) is 40.5 Å². The summed E-state index contributed by atoms with van der Waals surface area (Å²) in [5.41, 5.74) is 0.725. The lowest BCUT2D eigenvalue weighted by Crippen LogP contribution is -2.03. The van der Waals surface area contributed by atoms with Crippen LogP contribution in [0, 0.1) is 0 Å². The monoisotopic (exact) mass is 341 g/mol. The summed E-state index contributed by atoms with van der Waals surface area (Å²) in [6, 6.07) is 9.01. The van der Waals surface area contributed by atoms with Gasteiger partial charge in [0.25, 0.3) is 0 Å². The molecule has 0 bridgehead atoms. The van der Waals surface area contributed by atoms with Crippen molar-refractivity contribution in [3.63, 3.8) is 0 Å². The number of imidazole rings is 1. The summed E-state index contributed by atoms with van der Waals surface area (Å²) in [7, 11) is 0. The number of aromatic nitrogens is 3. The van der Waals surface area contributed by atoms with Crippen molar-refractivity contribution < 1.29 is 4.74 Å². The summed E-state index contributed by atoms with van der Waals surface area (Å²) in [5, 5.41) is 1.97. The van der Waals surface area contributed by atoms with Gasteiger partial charge in [-0.15, -0.1) is 6.58 Å². The third-order valence-electron chi connectivity index (χ3n) is 3.49. The van der Waals surface area contributed by atoms with Crippen molar-refractivity contribution in [2.75, 3.05) is 12.4 Å². The van der Waals surface area contributed by atoms with Crippen LogP contribution in [0.5, 0.6) is 5.75 Å². The Kier molecular flexibility index (Phi) is 5.38. The molecule has 0 aliphatic carbocycles. The van der Waals surface area contributed by atoms with Gasteiger partial charge in [0.05, 0.1) is 6.61 Å². The van der Waals surface area contributed by atoms with Crippen LogP contribution < -0.4 is 10.3 Å². The number of nitrogens with one attached hydrogen (secondary N) is 1. The third kappa shape index (κ3) is 4.08. The molecule has 1 aromatic carbocycles. The topological polar surface area (TPSA) is 59.9 Å². The van der Waals surface area contributed by atoms with Crippen LogP contribution in [0.4, 0.5) is 0 Å². The van der Waals surface area contributed by atoms with E-state index in [0.29, 0.717) is 6.61 Å². The molecule has 6 heteroatoms. The van der Waals surface area contributed by atoms with Crippen LogP contribution in [0.3, 0.4) is 0 Å². The zero-order valence-electron chi connectivity index (χ0n) is 13.3. The summed E-state index contributed by atoms with van der Waals surface area (Å²) in [6.45, 7) is 5.17. The zero-order valence-corrected chi connectivity index (χ0v) is 14.1. The van der Waals surface area contributed by atoms with E-state index in [-0.39, 0.29) is 5.56 Å². The van der Waals surface area contributed by atoms with E-state index in [1.54, 1.807) is 17.8 Å². The molecule has 0 saturated heterocycles. The first-order valence-corrected chi connectivity index (χ1v) is 8.75. The maximum Gasteiger partial charge on any atom is 0.248 e. The molecule has 0 atom stereocenters. The first-order valence-electron chi connectivity index (χ1n) is 7.77. The molecule has 24 heavy (non-hydrogen) atoms. The number of hydrogen-bond acceptors (Lipinski definition) is 4.